The Hall–Kier alpha value is -3.54. The van der Waals surface area contributed by atoms with Gasteiger partial charge in [-0.25, -0.2) is 0 Å². The third-order valence-electron chi connectivity index (χ3n) is 6.55. The SMILES string of the molecule is CCCN1C(=O)C(=O)/C(=C(/O)c2cc(C(C)(C)C)ccc2OC)C1c1cn(C)c2ccccc12. The topological polar surface area (TPSA) is 71.8 Å². The molecule has 6 heteroatoms. The number of carbonyl (C=O) groups excluding carboxylic acids is 2. The molecule has 2 aromatic carbocycles. The van der Waals surface area contributed by atoms with Gasteiger partial charge in [0.25, 0.3) is 11.7 Å². The molecule has 1 atom stereocenters. The molecule has 1 unspecified atom stereocenters. The number of hydrogen-bond acceptors (Lipinski definition) is 4. The van der Waals surface area contributed by atoms with E-state index in [2.05, 4.69) is 20.8 Å². The third kappa shape index (κ3) is 3.77. The number of benzene rings is 2. The Kier molecular flexibility index (Phi) is 6.02. The first kappa shape index (κ1) is 23.6. The molecule has 1 saturated heterocycles. The second kappa shape index (κ2) is 8.67. The lowest BCUT2D eigenvalue weighted by Crippen LogP contribution is -2.30. The molecule has 1 aliphatic rings. The molecule has 1 aromatic heterocycles. The maximum Gasteiger partial charge on any atom is 0.295 e. The van der Waals surface area contributed by atoms with Crippen LogP contribution >= 0.6 is 0 Å². The number of likely N-dealkylation sites (tertiary alicyclic amines) is 1. The van der Waals surface area contributed by atoms with E-state index in [0.29, 0.717) is 24.3 Å². The van der Waals surface area contributed by atoms with Crippen LogP contribution in [-0.2, 0) is 22.1 Å². The minimum atomic E-state index is -0.686. The van der Waals surface area contributed by atoms with E-state index in [1.807, 2.05) is 61.1 Å². The summed E-state index contributed by atoms with van der Waals surface area (Å²) >= 11 is 0. The smallest absolute Gasteiger partial charge is 0.295 e. The second-order valence-corrected chi connectivity index (χ2v) is 9.87. The standard InChI is InChI=1S/C28H32N2O4/c1-7-14-30-24(20-16-29(5)21-11-9-8-10-18(20)21)23(26(32)27(30)33)25(31)19-15-17(28(2,3)4)12-13-22(19)34-6/h8-13,15-16,24,31H,7,14H2,1-6H3/b25-23+. The molecule has 1 fully saturated rings. The fourth-order valence-corrected chi connectivity index (χ4v) is 4.77. The van der Waals surface area contributed by atoms with Gasteiger partial charge in [-0.15, -0.1) is 0 Å². The van der Waals surface area contributed by atoms with E-state index in [0.717, 1.165) is 22.0 Å². The number of hydrogen-bond donors (Lipinski definition) is 1. The number of rotatable bonds is 5. The molecule has 0 spiro atoms. The molecule has 1 amide bonds. The van der Waals surface area contributed by atoms with E-state index in [-0.39, 0.29) is 16.7 Å². The Balaban J connectivity index is 2.01. The van der Waals surface area contributed by atoms with E-state index in [9.17, 15) is 14.7 Å². The summed E-state index contributed by atoms with van der Waals surface area (Å²) < 4.78 is 7.52. The number of aliphatic hydroxyl groups excluding tert-OH is 1. The lowest BCUT2D eigenvalue weighted by molar-refractivity contribution is -0.139. The van der Waals surface area contributed by atoms with Crippen molar-refractivity contribution >= 4 is 28.4 Å². The zero-order valence-electron chi connectivity index (χ0n) is 20.7. The van der Waals surface area contributed by atoms with Crippen LogP contribution < -0.4 is 4.74 Å². The van der Waals surface area contributed by atoms with Crippen molar-refractivity contribution in [1.82, 2.24) is 9.47 Å². The van der Waals surface area contributed by atoms with Crippen LogP contribution in [0, 0.1) is 0 Å². The molecule has 6 nitrogen and oxygen atoms in total. The van der Waals surface area contributed by atoms with Crippen LogP contribution in [0.4, 0.5) is 0 Å². The van der Waals surface area contributed by atoms with Crippen molar-refractivity contribution in [1.29, 1.82) is 0 Å². The van der Waals surface area contributed by atoms with Gasteiger partial charge in [0.2, 0.25) is 0 Å². The van der Waals surface area contributed by atoms with Gasteiger partial charge >= 0.3 is 0 Å². The van der Waals surface area contributed by atoms with Gasteiger partial charge in [-0.05, 0) is 35.6 Å². The Morgan fingerprint density at radius 1 is 1.12 bits per heavy atom. The number of carbonyl (C=O) groups is 2. The minimum absolute atomic E-state index is 0.0964. The molecule has 1 aliphatic heterocycles. The number of nitrogens with zero attached hydrogens (tertiary/aromatic N) is 2. The summed E-state index contributed by atoms with van der Waals surface area (Å²) in [5.41, 5.74) is 3.13. The Morgan fingerprint density at radius 3 is 2.47 bits per heavy atom. The number of fused-ring (bicyclic) bond motifs is 1. The molecule has 2 heterocycles. The van der Waals surface area contributed by atoms with E-state index in [1.165, 1.54) is 7.11 Å². The van der Waals surface area contributed by atoms with Crippen LogP contribution in [-0.4, -0.2) is 39.9 Å². The number of methoxy groups -OCH3 is 1. The first-order chi connectivity index (χ1) is 16.1. The van der Waals surface area contributed by atoms with Gasteiger partial charge in [0.05, 0.1) is 24.3 Å². The number of aliphatic hydroxyl groups is 1. The number of amides is 1. The summed E-state index contributed by atoms with van der Waals surface area (Å²) in [4.78, 5) is 28.1. The van der Waals surface area contributed by atoms with Gasteiger partial charge in [0.15, 0.2) is 0 Å². The molecule has 178 valence electrons. The molecule has 34 heavy (non-hydrogen) atoms. The highest BCUT2D eigenvalue weighted by atomic mass is 16.5. The van der Waals surface area contributed by atoms with Gasteiger partial charge in [-0.3, -0.25) is 9.59 Å². The second-order valence-electron chi connectivity index (χ2n) is 9.87. The molecule has 0 bridgehead atoms. The molecule has 3 aromatic rings. The fraction of sp³-hybridized carbons (Fsp3) is 0.357. The maximum atomic E-state index is 13.4. The summed E-state index contributed by atoms with van der Waals surface area (Å²) in [5.74, 6) is -1.03. The predicted octanol–water partition coefficient (Wildman–Crippen LogP) is 5.32. The highest BCUT2D eigenvalue weighted by Gasteiger charge is 2.47. The highest BCUT2D eigenvalue weighted by molar-refractivity contribution is 6.46. The largest absolute Gasteiger partial charge is 0.507 e. The average Bonchev–Trinajstić information content (AvgIpc) is 3.27. The molecule has 0 saturated carbocycles. The van der Waals surface area contributed by atoms with Crippen molar-refractivity contribution in [2.75, 3.05) is 13.7 Å². The Labute approximate surface area is 200 Å². The zero-order chi connectivity index (χ0) is 24.8. The van der Waals surface area contributed by atoms with E-state index < -0.39 is 17.7 Å². The van der Waals surface area contributed by atoms with Gasteiger partial charge < -0.3 is 19.3 Å². The molecule has 0 radical (unpaired) electrons. The van der Waals surface area contributed by atoms with E-state index in [1.54, 1.807) is 11.0 Å². The molecular weight excluding hydrogens is 428 g/mol. The van der Waals surface area contributed by atoms with E-state index >= 15 is 0 Å². The number of aromatic nitrogens is 1. The summed E-state index contributed by atoms with van der Waals surface area (Å²) in [6.07, 6.45) is 2.64. The summed E-state index contributed by atoms with van der Waals surface area (Å²) in [5, 5.41) is 12.5. The maximum absolute atomic E-state index is 13.4. The van der Waals surface area contributed by atoms with Gasteiger partial charge in [0, 0.05) is 36.3 Å². The van der Waals surface area contributed by atoms with Crippen molar-refractivity contribution in [3.05, 3.63) is 70.9 Å². The van der Waals surface area contributed by atoms with Crippen molar-refractivity contribution < 1.29 is 19.4 Å². The third-order valence-corrected chi connectivity index (χ3v) is 6.55. The summed E-state index contributed by atoms with van der Waals surface area (Å²) in [6, 6.07) is 12.8. The first-order valence-corrected chi connectivity index (χ1v) is 11.6. The quantitative estimate of drug-likeness (QED) is 0.318. The average molecular weight is 461 g/mol. The summed E-state index contributed by atoms with van der Waals surface area (Å²) in [7, 11) is 3.47. The van der Waals surface area contributed by atoms with Crippen LogP contribution in [0.15, 0.2) is 54.2 Å². The van der Waals surface area contributed by atoms with Crippen molar-refractivity contribution in [2.45, 2.75) is 45.6 Å². The number of ketones is 1. The number of aryl methyl sites for hydroxylation is 1. The zero-order valence-corrected chi connectivity index (χ0v) is 20.7. The number of Topliss-reactive ketones (excluding diaryl/α,β-unsaturated/α-hetero) is 1. The Morgan fingerprint density at radius 2 is 1.82 bits per heavy atom. The lowest BCUT2D eigenvalue weighted by atomic mass is 9.85. The van der Waals surface area contributed by atoms with Crippen LogP contribution in [0.5, 0.6) is 5.75 Å². The highest BCUT2D eigenvalue weighted by Crippen LogP contribution is 2.44. The molecule has 0 aliphatic carbocycles. The Bertz CT molecular complexity index is 1310. The van der Waals surface area contributed by atoms with Crippen LogP contribution in [0.2, 0.25) is 0 Å². The number of ether oxygens (including phenoxy) is 1. The monoisotopic (exact) mass is 460 g/mol. The minimum Gasteiger partial charge on any atom is -0.507 e. The first-order valence-electron chi connectivity index (χ1n) is 11.6. The lowest BCUT2D eigenvalue weighted by Gasteiger charge is -2.25. The van der Waals surface area contributed by atoms with Crippen molar-refractivity contribution in [3.63, 3.8) is 0 Å². The fourth-order valence-electron chi connectivity index (χ4n) is 4.77. The van der Waals surface area contributed by atoms with Crippen LogP contribution in [0.3, 0.4) is 0 Å². The van der Waals surface area contributed by atoms with Gasteiger partial charge in [-0.2, -0.15) is 0 Å². The van der Waals surface area contributed by atoms with Gasteiger partial charge in [-0.1, -0.05) is 52.0 Å². The van der Waals surface area contributed by atoms with E-state index in [4.69, 9.17) is 4.74 Å². The van der Waals surface area contributed by atoms with Crippen molar-refractivity contribution in [2.24, 2.45) is 7.05 Å². The molecule has 1 N–H and O–H groups in total. The summed E-state index contributed by atoms with van der Waals surface area (Å²) in [6.45, 7) is 8.61. The molecular formula is C28H32N2O4. The van der Waals surface area contributed by atoms with Crippen LogP contribution in [0.1, 0.15) is 56.8 Å². The normalized spacial score (nSPS) is 18.2. The number of para-hydroxylation sites is 1. The molecule has 4 rings (SSSR count). The van der Waals surface area contributed by atoms with Crippen molar-refractivity contribution in [3.8, 4) is 5.75 Å². The van der Waals surface area contributed by atoms with Gasteiger partial charge in [0.1, 0.15) is 11.5 Å². The van der Waals surface area contributed by atoms with Crippen LogP contribution in [0.25, 0.3) is 16.7 Å². The predicted molar refractivity (Wildman–Crippen MR) is 134 cm³/mol.